The maximum Gasteiger partial charge on any atom is 0.333 e. The fourth-order valence-electron chi connectivity index (χ4n) is 1.47. The molecule has 1 aromatic rings. The predicted molar refractivity (Wildman–Crippen MR) is 53.2 cm³/mol. The van der Waals surface area contributed by atoms with Crippen LogP contribution in [-0.4, -0.2) is 22.2 Å². The van der Waals surface area contributed by atoms with E-state index >= 15 is 0 Å². The molecular weight excluding hydrogens is 194 g/mol. The van der Waals surface area contributed by atoms with Gasteiger partial charge in [-0.1, -0.05) is 0 Å². The Morgan fingerprint density at radius 1 is 1.53 bits per heavy atom. The summed E-state index contributed by atoms with van der Waals surface area (Å²) in [6, 6.07) is 3.65. The standard InChI is InChI=1S/C11H13NO3/c13-11(14)10(9-1-2-9)15-7-8-3-5-12-6-4-8/h3-6,9-10H,1-2,7H2,(H,13,14). The van der Waals surface area contributed by atoms with Gasteiger partial charge < -0.3 is 9.84 Å². The van der Waals surface area contributed by atoms with Crippen molar-refractivity contribution in [2.75, 3.05) is 0 Å². The van der Waals surface area contributed by atoms with Crippen LogP contribution in [0.5, 0.6) is 0 Å². The van der Waals surface area contributed by atoms with E-state index in [2.05, 4.69) is 4.98 Å². The van der Waals surface area contributed by atoms with Gasteiger partial charge in [0.25, 0.3) is 0 Å². The van der Waals surface area contributed by atoms with Crippen LogP contribution in [0.1, 0.15) is 18.4 Å². The second-order valence-corrected chi connectivity index (χ2v) is 3.76. The van der Waals surface area contributed by atoms with Crippen LogP contribution in [0.15, 0.2) is 24.5 Å². The monoisotopic (exact) mass is 207 g/mol. The lowest BCUT2D eigenvalue weighted by atomic mass is 10.2. The number of carboxylic acids is 1. The van der Waals surface area contributed by atoms with Gasteiger partial charge >= 0.3 is 5.97 Å². The van der Waals surface area contributed by atoms with Crippen LogP contribution < -0.4 is 0 Å². The van der Waals surface area contributed by atoms with E-state index in [1.165, 1.54) is 0 Å². The Bertz CT molecular complexity index is 335. The molecule has 0 amide bonds. The number of aromatic nitrogens is 1. The molecule has 80 valence electrons. The molecule has 4 heteroatoms. The van der Waals surface area contributed by atoms with E-state index in [4.69, 9.17) is 9.84 Å². The van der Waals surface area contributed by atoms with Gasteiger partial charge in [-0.2, -0.15) is 0 Å². The first kappa shape index (κ1) is 10.1. The van der Waals surface area contributed by atoms with Crippen molar-refractivity contribution in [3.63, 3.8) is 0 Å². The summed E-state index contributed by atoms with van der Waals surface area (Å²) in [5.74, 6) is -0.643. The molecule has 15 heavy (non-hydrogen) atoms. The lowest BCUT2D eigenvalue weighted by molar-refractivity contribution is -0.152. The SMILES string of the molecule is O=C(O)C(OCc1ccncc1)C1CC1. The van der Waals surface area contributed by atoms with Crippen LogP contribution in [0, 0.1) is 5.92 Å². The van der Waals surface area contributed by atoms with E-state index < -0.39 is 12.1 Å². The van der Waals surface area contributed by atoms with E-state index in [0.717, 1.165) is 18.4 Å². The summed E-state index contributed by atoms with van der Waals surface area (Å²) in [5, 5.41) is 8.92. The van der Waals surface area contributed by atoms with Crippen molar-refractivity contribution in [2.24, 2.45) is 5.92 Å². The zero-order chi connectivity index (χ0) is 10.7. The average Bonchev–Trinajstić information content (AvgIpc) is 3.03. The molecule has 1 atom stereocenters. The summed E-state index contributed by atoms with van der Waals surface area (Å²) >= 11 is 0. The minimum atomic E-state index is -0.855. The number of ether oxygens (including phenoxy) is 1. The zero-order valence-corrected chi connectivity index (χ0v) is 8.30. The van der Waals surface area contributed by atoms with E-state index in [-0.39, 0.29) is 5.92 Å². The first-order valence-electron chi connectivity index (χ1n) is 5.00. The van der Waals surface area contributed by atoms with Crippen molar-refractivity contribution in [2.45, 2.75) is 25.6 Å². The van der Waals surface area contributed by atoms with E-state index in [0.29, 0.717) is 6.61 Å². The first-order chi connectivity index (χ1) is 7.27. The highest BCUT2D eigenvalue weighted by Crippen LogP contribution is 2.34. The topological polar surface area (TPSA) is 59.4 Å². The predicted octanol–water partition coefficient (Wildman–Crippen LogP) is 1.46. The Labute approximate surface area is 87.9 Å². The number of hydrogen-bond acceptors (Lipinski definition) is 3. The highest BCUT2D eigenvalue weighted by Gasteiger charge is 2.36. The molecular formula is C11H13NO3. The molecule has 0 saturated heterocycles. The number of carboxylic acid groups (broad SMARTS) is 1. The van der Waals surface area contributed by atoms with Gasteiger partial charge in [-0.3, -0.25) is 4.98 Å². The number of rotatable bonds is 5. The summed E-state index contributed by atoms with van der Waals surface area (Å²) < 4.78 is 5.39. The summed E-state index contributed by atoms with van der Waals surface area (Å²) in [6.07, 6.45) is 4.64. The molecule has 1 N–H and O–H groups in total. The van der Waals surface area contributed by atoms with Gasteiger partial charge in [0.2, 0.25) is 0 Å². The molecule has 2 rings (SSSR count). The molecule has 4 nitrogen and oxygen atoms in total. The Balaban J connectivity index is 1.88. The largest absolute Gasteiger partial charge is 0.479 e. The van der Waals surface area contributed by atoms with Crippen molar-refractivity contribution < 1.29 is 14.6 Å². The number of nitrogens with zero attached hydrogens (tertiary/aromatic N) is 1. The molecule has 0 aromatic carbocycles. The van der Waals surface area contributed by atoms with Crippen molar-refractivity contribution in [3.8, 4) is 0 Å². The second kappa shape index (κ2) is 4.40. The third kappa shape index (κ3) is 2.76. The maximum atomic E-state index is 10.9. The summed E-state index contributed by atoms with van der Waals surface area (Å²) in [4.78, 5) is 14.7. The van der Waals surface area contributed by atoms with Gasteiger partial charge in [-0.05, 0) is 36.5 Å². The zero-order valence-electron chi connectivity index (χ0n) is 8.30. The van der Waals surface area contributed by atoms with Gasteiger partial charge in [-0.15, -0.1) is 0 Å². The van der Waals surface area contributed by atoms with Gasteiger partial charge in [0.15, 0.2) is 6.10 Å². The van der Waals surface area contributed by atoms with Gasteiger partial charge in [-0.25, -0.2) is 4.79 Å². The molecule has 1 saturated carbocycles. The number of carbonyl (C=O) groups is 1. The molecule has 0 bridgehead atoms. The van der Waals surface area contributed by atoms with Crippen molar-refractivity contribution in [3.05, 3.63) is 30.1 Å². The number of aliphatic carboxylic acids is 1. The maximum absolute atomic E-state index is 10.9. The molecule has 0 spiro atoms. The fourth-order valence-corrected chi connectivity index (χ4v) is 1.47. The van der Waals surface area contributed by atoms with Gasteiger partial charge in [0, 0.05) is 12.4 Å². The molecule has 1 heterocycles. The van der Waals surface area contributed by atoms with Crippen LogP contribution in [0.25, 0.3) is 0 Å². The van der Waals surface area contributed by atoms with Crippen molar-refractivity contribution in [1.29, 1.82) is 0 Å². The van der Waals surface area contributed by atoms with Crippen LogP contribution in [-0.2, 0) is 16.1 Å². The lowest BCUT2D eigenvalue weighted by Gasteiger charge is -2.12. The Hall–Kier alpha value is -1.42. The smallest absolute Gasteiger partial charge is 0.333 e. The minimum Gasteiger partial charge on any atom is -0.479 e. The summed E-state index contributed by atoms with van der Waals surface area (Å²) in [6.45, 7) is 0.343. The quantitative estimate of drug-likeness (QED) is 0.794. The summed E-state index contributed by atoms with van der Waals surface area (Å²) in [7, 11) is 0. The van der Waals surface area contributed by atoms with Crippen molar-refractivity contribution >= 4 is 5.97 Å². The number of pyridine rings is 1. The van der Waals surface area contributed by atoms with Crippen LogP contribution >= 0.6 is 0 Å². The molecule has 0 aliphatic heterocycles. The van der Waals surface area contributed by atoms with Crippen LogP contribution in [0.2, 0.25) is 0 Å². The average molecular weight is 207 g/mol. The van der Waals surface area contributed by atoms with Gasteiger partial charge in [0.1, 0.15) is 0 Å². The highest BCUT2D eigenvalue weighted by atomic mass is 16.5. The molecule has 0 radical (unpaired) electrons. The Morgan fingerprint density at radius 3 is 2.73 bits per heavy atom. The molecule has 1 fully saturated rings. The second-order valence-electron chi connectivity index (χ2n) is 3.76. The first-order valence-corrected chi connectivity index (χ1v) is 5.00. The lowest BCUT2D eigenvalue weighted by Crippen LogP contribution is -2.25. The minimum absolute atomic E-state index is 0.212. The van der Waals surface area contributed by atoms with E-state index in [1.54, 1.807) is 12.4 Å². The molecule has 1 aliphatic rings. The molecule has 1 unspecified atom stereocenters. The molecule has 1 aromatic heterocycles. The Kier molecular flexibility index (Phi) is 2.97. The Morgan fingerprint density at radius 2 is 2.20 bits per heavy atom. The highest BCUT2D eigenvalue weighted by molar-refractivity contribution is 5.73. The molecule has 1 aliphatic carbocycles. The van der Waals surface area contributed by atoms with Crippen LogP contribution in [0.4, 0.5) is 0 Å². The van der Waals surface area contributed by atoms with E-state index in [1.807, 2.05) is 12.1 Å². The van der Waals surface area contributed by atoms with E-state index in [9.17, 15) is 4.79 Å². The third-order valence-corrected chi connectivity index (χ3v) is 2.47. The summed E-state index contributed by atoms with van der Waals surface area (Å²) in [5.41, 5.74) is 0.955. The number of hydrogen-bond donors (Lipinski definition) is 1. The third-order valence-electron chi connectivity index (χ3n) is 2.47. The van der Waals surface area contributed by atoms with Crippen LogP contribution in [0.3, 0.4) is 0 Å². The van der Waals surface area contributed by atoms with Gasteiger partial charge in [0.05, 0.1) is 6.61 Å². The van der Waals surface area contributed by atoms with Crippen molar-refractivity contribution in [1.82, 2.24) is 4.98 Å². The normalized spacial score (nSPS) is 17.3. The fraction of sp³-hybridized carbons (Fsp3) is 0.455.